The summed E-state index contributed by atoms with van der Waals surface area (Å²) < 4.78 is 11.7. The second-order valence-corrected chi connectivity index (χ2v) is 5.34. The number of rotatable bonds is 5. The predicted molar refractivity (Wildman–Crippen MR) is 69.9 cm³/mol. The van der Waals surface area contributed by atoms with Crippen LogP contribution in [-0.2, 0) is 0 Å². The Balaban J connectivity index is 2.22. The molecule has 0 unspecified atom stereocenters. The Morgan fingerprint density at radius 2 is 1.76 bits per heavy atom. The van der Waals surface area contributed by atoms with Gasteiger partial charge in [-0.3, -0.25) is 0 Å². The van der Waals surface area contributed by atoms with Crippen LogP contribution in [0.1, 0.15) is 52.0 Å². The number of hydrogen-bond acceptors (Lipinski definition) is 2. The molecule has 94 valence electrons. The van der Waals surface area contributed by atoms with Crippen LogP contribution in [0, 0.1) is 0 Å². The van der Waals surface area contributed by atoms with E-state index in [-0.39, 0.29) is 6.10 Å². The standard InChI is InChI=1S/C15H22O2/c1-10(2)12-5-8-14(16-11(3)4)15(9-12)17-13-6-7-13/h5,8-11,13H,6-7H2,1-4H3. The summed E-state index contributed by atoms with van der Waals surface area (Å²) in [6.07, 6.45) is 2.94. The van der Waals surface area contributed by atoms with Gasteiger partial charge in [0.25, 0.3) is 0 Å². The topological polar surface area (TPSA) is 18.5 Å². The molecule has 0 radical (unpaired) electrons. The van der Waals surface area contributed by atoms with Gasteiger partial charge in [0.05, 0.1) is 12.2 Å². The fourth-order valence-corrected chi connectivity index (χ4v) is 1.69. The lowest BCUT2D eigenvalue weighted by molar-refractivity contribution is 0.217. The molecule has 2 rings (SSSR count). The van der Waals surface area contributed by atoms with Crippen molar-refractivity contribution in [2.24, 2.45) is 0 Å². The van der Waals surface area contributed by atoms with E-state index in [1.54, 1.807) is 0 Å². The Morgan fingerprint density at radius 3 is 2.29 bits per heavy atom. The molecule has 0 saturated heterocycles. The molecule has 1 aromatic rings. The molecule has 0 atom stereocenters. The third kappa shape index (κ3) is 3.39. The van der Waals surface area contributed by atoms with Gasteiger partial charge >= 0.3 is 0 Å². The summed E-state index contributed by atoms with van der Waals surface area (Å²) in [5.41, 5.74) is 1.30. The zero-order valence-corrected chi connectivity index (χ0v) is 11.2. The third-order valence-electron chi connectivity index (χ3n) is 2.82. The van der Waals surface area contributed by atoms with Crippen LogP contribution in [-0.4, -0.2) is 12.2 Å². The third-order valence-corrected chi connectivity index (χ3v) is 2.82. The maximum absolute atomic E-state index is 5.92. The zero-order chi connectivity index (χ0) is 12.4. The van der Waals surface area contributed by atoms with Crippen LogP contribution in [0.5, 0.6) is 11.5 Å². The number of hydrogen-bond donors (Lipinski definition) is 0. The largest absolute Gasteiger partial charge is 0.487 e. The first-order valence-electron chi connectivity index (χ1n) is 6.53. The van der Waals surface area contributed by atoms with Crippen molar-refractivity contribution in [2.45, 2.75) is 58.7 Å². The summed E-state index contributed by atoms with van der Waals surface area (Å²) in [4.78, 5) is 0. The number of benzene rings is 1. The average Bonchev–Trinajstić information content (AvgIpc) is 3.03. The van der Waals surface area contributed by atoms with Gasteiger partial charge in [-0.05, 0) is 50.3 Å². The van der Waals surface area contributed by atoms with Gasteiger partial charge in [-0.1, -0.05) is 19.9 Å². The summed E-state index contributed by atoms with van der Waals surface area (Å²) in [5.74, 6) is 2.30. The molecule has 17 heavy (non-hydrogen) atoms. The molecule has 0 spiro atoms. The Morgan fingerprint density at radius 1 is 1.06 bits per heavy atom. The molecule has 1 fully saturated rings. The van der Waals surface area contributed by atoms with Crippen molar-refractivity contribution in [1.82, 2.24) is 0 Å². The monoisotopic (exact) mass is 234 g/mol. The van der Waals surface area contributed by atoms with E-state index < -0.39 is 0 Å². The SMILES string of the molecule is CC(C)Oc1ccc(C(C)C)cc1OC1CC1. The second-order valence-electron chi connectivity index (χ2n) is 5.34. The Hall–Kier alpha value is -1.18. The van der Waals surface area contributed by atoms with Gasteiger partial charge in [0.2, 0.25) is 0 Å². The lowest BCUT2D eigenvalue weighted by atomic mass is 10.0. The lowest BCUT2D eigenvalue weighted by Crippen LogP contribution is -2.08. The summed E-state index contributed by atoms with van der Waals surface area (Å²) in [6.45, 7) is 8.47. The molecule has 2 nitrogen and oxygen atoms in total. The van der Waals surface area contributed by atoms with Gasteiger partial charge in [-0.15, -0.1) is 0 Å². The van der Waals surface area contributed by atoms with Crippen molar-refractivity contribution in [3.05, 3.63) is 23.8 Å². The summed E-state index contributed by atoms with van der Waals surface area (Å²) >= 11 is 0. The molecular formula is C15H22O2. The fourth-order valence-electron chi connectivity index (χ4n) is 1.69. The van der Waals surface area contributed by atoms with Gasteiger partial charge in [-0.25, -0.2) is 0 Å². The van der Waals surface area contributed by atoms with Crippen LogP contribution in [0.15, 0.2) is 18.2 Å². The number of ether oxygens (including phenoxy) is 2. The van der Waals surface area contributed by atoms with Crippen LogP contribution in [0.4, 0.5) is 0 Å². The van der Waals surface area contributed by atoms with E-state index in [9.17, 15) is 0 Å². The predicted octanol–water partition coefficient (Wildman–Crippen LogP) is 4.14. The molecule has 0 amide bonds. The van der Waals surface area contributed by atoms with Crippen LogP contribution in [0.2, 0.25) is 0 Å². The quantitative estimate of drug-likeness (QED) is 0.762. The minimum atomic E-state index is 0.182. The van der Waals surface area contributed by atoms with E-state index >= 15 is 0 Å². The first-order valence-corrected chi connectivity index (χ1v) is 6.53. The Labute approximate surface area is 104 Å². The van der Waals surface area contributed by atoms with E-state index in [0.29, 0.717) is 12.0 Å². The minimum Gasteiger partial charge on any atom is -0.487 e. The molecule has 0 heterocycles. The van der Waals surface area contributed by atoms with Crippen molar-refractivity contribution in [3.63, 3.8) is 0 Å². The summed E-state index contributed by atoms with van der Waals surface area (Å²) in [7, 11) is 0. The van der Waals surface area contributed by atoms with E-state index in [1.165, 1.54) is 18.4 Å². The Kier molecular flexibility index (Phi) is 3.60. The first-order chi connectivity index (χ1) is 8.06. The molecule has 1 aliphatic rings. The smallest absolute Gasteiger partial charge is 0.161 e. The van der Waals surface area contributed by atoms with E-state index in [2.05, 4.69) is 26.0 Å². The van der Waals surface area contributed by atoms with E-state index in [1.807, 2.05) is 19.9 Å². The van der Waals surface area contributed by atoms with Crippen LogP contribution < -0.4 is 9.47 Å². The van der Waals surface area contributed by atoms with Crippen molar-refractivity contribution in [2.75, 3.05) is 0 Å². The molecule has 1 aliphatic carbocycles. The van der Waals surface area contributed by atoms with Crippen molar-refractivity contribution >= 4 is 0 Å². The highest BCUT2D eigenvalue weighted by molar-refractivity contribution is 5.44. The highest BCUT2D eigenvalue weighted by atomic mass is 16.5. The van der Waals surface area contributed by atoms with Crippen molar-refractivity contribution in [3.8, 4) is 11.5 Å². The van der Waals surface area contributed by atoms with Gasteiger partial charge in [0.1, 0.15) is 0 Å². The molecular weight excluding hydrogens is 212 g/mol. The molecule has 0 aliphatic heterocycles. The van der Waals surface area contributed by atoms with Gasteiger partial charge in [0, 0.05) is 0 Å². The molecule has 1 aromatic carbocycles. The Bertz CT molecular complexity index is 379. The molecule has 0 aromatic heterocycles. The highest BCUT2D eigenvalue weighted by Crippen LogP contribution is 2.36. The van der Waals surface area contributed by atoms with Gasteiger partial charge in [-0.2, -0.15) is 0 Å². The normalized spacial score (nSPS) is 15.4. The molecule has 1 saturated carbocycles. The lowest BCUT2D eigenvalue weighted by Gasteiger charge is -2.17. The summed E-state index contributed by atoms with van der Waals surface area (Å²) in [5, 5.41) is 0. The summed E-state index contributed by atoms with van der Waals surface area (Å²) in [6, 6.07) is 6.29. The molecule has 2 heteroatoms. The van der Waals surface area contributed by atoms with Crippen LogP contribution in [0.3, 0.4) is 0 Å². The van der Waals surface area contributed by atoms with Gasteiger partial charge in [0.15, 0.2) is 11.5 Å². The van der Waals surface area contributed by atoms with Crippen molar-refractivity contribution < 1.29 is 9.47 Å². The van der Waals surface area contributed by atoms with Crippen molar-refractivity contribution in [1.29, 1.82) is 0 Å². The second kappa shape index (κ2) is 4.99. The zero-order valence-electron chi connectivity index (χ0n) is 11.2. The van der Waals surface area contributed by atoms with Crippen LogP contribution >= 0.6 is 0 Å². The highest BCUT2D eigenvalue weighted by Gasteiger charge is 2.25. The maximum Gasteiger partial charge on any atom is 0.161 e. The van der Waals surface area contributed by atoms with Gasteiger partial charge < -0.3 is 9.47 Å². The average molecular weight is 234 g/mol. The maximum atomic E-state index is 5.92. The van der Waals surface area contributed by atoms with Crippen LogP contribution in [0.25, 0.3) is 0 Å². The fraction of sp³-hybridized carbons (Fsp3) is 0.600. The van der Waals surface area contributed by atoms with E-state index in [4.69, 9.17) is 9.47 Å². The van der Waals surface area contributed by atoms with E-state index in [0.717, 1.165) is 11.5 Å². The molecule has 0 bridgehead atoms. The first kappa shape index (κ1) is 12.3. The molecule has 0 N–H and O–H groups in total. The minimum absolute atomic E-state index is 0.182.